The van der Waals surface area contributed by atoms with Crippen LogP contribution in [0.25, 0.3) is 0 Å². The van der Waals surface area contributed by atoms with E-state index in [-0.39, 0.29) is 25.6 Å². The van der Waals surface area contributed by atoms with Crippen LogP contribution >= 0.6 is 0 Å². The second kappa shape index (κ2) is 8.34. The van der Waals surface area contributed by atoms with Crippen LogP contribution in [0.1, 0.15) is 20.8 Å². The van der Waals surface area contributed by atoms with Crippen LogP contribution in [0.4, 0.5) is 0 Å². The number of amides is 1. The zero-order chi connectivity index (χ0) is 18.4. The van der Waals surface area contributed by atoms with Crippen LogP contribution in [-0.4, -0.2) is 57.2 Å². The van der Waals surface area contributed by atoms with Gasteiger partial charge in [0.05, 0.1) is 26.5 Å². The Kier molecular flexibility index (Phi) is 7.04. The van der Waals surface area contributed by atoms with Crippen molar-refractivity contribution in [2.24, 2.45) is 0 Å². The van der Waals surface area contributed by atoms with Crippen molar-refractivity contribution in [2.45, 2.75) is 26.3 Å². The summed E-state index contributed by atoms with van der Waals surface area (Å²) in [5.74, 6) is 1.03. The molecule has 24 heavy (non-hydrogen) atoms. The van der Waals surface area contributed by atoms with Gasteiger partial charge in [-0.15, -0.1) is 0 Å². The second-order valence-corrected chi connectivity index (χ2v) is 8.22. The topological polar surface area (TPSA) is 84.9 Å². The summed E-state index contributed by atoms with van der Waals surface area (Å²) in [6.45, 7) is 5.58. The van der Waals surface area contributed by atoms with E-state index in [1.807, 2.05) is 0 Å². The molecule has 7 nitrogen and oxygen atoms in total. The number of sulfonamides is 1. The lowest BCUT2D eigenvalue weighted by Crippen LogP contribution is -2.50. The summed E-state index contributed by atoms with van der Waals surface area (Å²) in [7, 11) is -1.88. The predicted octanol–water partition coefficient (Wildman–Crippen LogP) is 1.25. The molecule has 1 amide bonds. The maximum absolute atomic E-state index is 12.0. The molecule has 0 saturated carbocycles. The standard InChI is InChI=1S/C16H26N2O5S/c1-16(2,3)18(24(5,20)21)12-15(19)17-10-11-23-14-8-6-13(22-4)7-9-14/h6-9H,10-12H2,1-5H3,(H,17,19). The molecule has 0 aromatic heterocycles. The molecule has 0 atom stereocenters. The number of benzene rings is 1. The Morgan fingerprint density at radius 3 is 2.17 bits per heavy atom. The van der Waals surface area contributed by atoms with E-state index in [0.717, 1.165) is 12.0 Å². The zero-order valence-electron chi connectivity index (χ0n) is 14.8. The van der Waals surface area contributed by atoms with Crippen molar-refractivity contribution in [2.75, 3.05) is 33.1 Å². The van der Waals surface area contributed by atoms with E-state index in [1.54, 1.807) is 52.1 Å². The second-order valence-electron chi connectivity index (χ2n) is 6.31. The highest BCUT2D eigenvalue weighted by atomic mass is 32.2. The van der Waals surface area contributed by atoms with Gasteiger partial charge in [0.15, 0.2) is 0 Å². The number of carbonyl (C=O) groups excluding carboxylic acids is 1. The molecule has 1 N–H and O–H groups in total. The molecule has 136 valence electrons. The molecule has 0 aliphatic carbocycles. The van der Waals surface area contributed by atoms with E-state index in [0.29, 0.717) is 5.75 Å². The van der Waals surface area contributed by atoms with E-state index in [2.05, 4.69) is 5.32 Å². The fourth-order valence-corrected chi connectivity index (χ4v) is 3.42. The summed E-state index contributed by atoms with van der Waals surface area (Å²) in [5, 5.41) is 2.66. The summed E-state index contributed by atoms with van der Waals surface area (Å²) >= 11 is 0. The molecule has 0 radical (unpaired) electrons. The monoisotopic (exact) mass is 358 g/mol. The molecule has 0 fully saturated rings. The number of nitrogens with zero attached hydrogens (tertiary/aromatic N) is 1. The predicted molar refractivity (Wildman–Crippen MR) is 92.8 cm³/mol. The lowest BCUT2D eigenvalue weighted by Gasteiger charge is -2.32. The summed E-state index contributed by atoms with van der Waals surface area (Å²) in [5.41, 5.74) is -0.662. The van der Waals surface area contributed by atoms with Crippen molar-refractivity contribution in [3.05, 3.63) is 24.3 Å². The molecule has 1 aromatic carbocycles. The minimum absolute atomic E-state index is 0.217. The van der Waals surface area contributed by atoms with Crippen LogP contribution in [0.15, 0.2) is 24.3 Å². The average molecular weight is 358 g/mol. The quantitative estimate of drug-likeness (QED) is 0.707. The number of carbonyl (C=O) groups is 1. The molecular weight excluding hydrogens is 332 g/mol. The molecule has 0 aliphatic rings. The highest BCUT2D eigenvalue weighted by molar-refractivity contribution is 7.88. The fourth-order valence-electron chi connectivity index (χ4n) is 2.07. The van der Waals surface area contributed by atoms with Gasteiger partial charge in [0.1, 0.15) is 18.1 Å². The Morgan fingerprint density at radius 1 is 1.17 bits per heavy atom. The van der Waals surface area contributed by atoms with Crippen molar-refractivity contribution < 1.29 is 22.7 Å². The third kappa shape index (κ3) is 6.76. The SMILES string of the molecule is COc1ccc(OCCNC(=O)CN(C(C)(C)C)S(C)(=O)=O)cc1. The van der Waals surface area contributed by atoms with E-state index < -0.39 is 15.6 Å². The third-order valence-corrected chi connectivity index (χ3v) is 4.67. The number of hydrogen-bond donors (Lipinski definition) is 1. The first kappa shape index (κ1) is 20.2. The molecular formula is C16H26N2O5S. The van der Waals surface area contributed by atoms with E-state index in [4.69, 9.17) is 9.47 Å². The maximum Gasteiger partial charge on any atom is 0.235 e. The minimum Gasteiger partial charge on any atom is -0.497 e. The van der Waals surface area contributed by atoms with Gasteiger partial charge in [-0.05, 0) is 45.0 Å². The first-order valence-electron chi connectivity index (χ1n) is 7.55. The Morgan fingerprint density at radius 2 is 1.71 bits per heavy atom. The van der Waals surface area contributed by atoms with Crippen LogP contribution in [0.3, 0.4) is 0 Å². The van der Waals surface area contributed by atoms with Crippen LogP contribution in [0, 0.1) is 0 Å². The van der Waals surface area contributed by atoms with Gasteiger partial charge in [-0.1, -0.05) is 0 Å². The molecule has 1 aromatic rings. The van der Waals surface area contributed by atoms with E-state index >= 15 is 0 Å². The van der Waals surface area contributed by atoms with Crippen LogP contribution in [0.5, 0.6) is 11.5 Å². The van der Waals surface area contributed by atoms with Crippen LogP contribution in [-0.2, 0) is 14.8 Å². The van der Waals surface area contributed by atoms with Crippen molar-refractivity contribution in [1.29, 1.82) is 0 Å². The van der Waals surface area contributed by atoms with Gasteiger partial charge in [-0.2, -0.15) is 4.31 Å². The summed E-state index contributed by atoms with van der Waals surface area (Å²) in [4.78, 5) is 12.0. The third-order valence-electron chi connectivity index (χ3n) is 3.19. The lowest BCUT2D eigenvalue weighted by molar-refractivity contribution is -0.122. The van der Waals surface area contributed by atoms with Crippen LogP contribution in [0.2, 0.25) is 0 Å². The minimum atomic E-state index is -3.47. The Hall–Kier alpha value is -1.80. The smallest absolute Gasteiger partial charge is 0.235 e. The number of methoxy groups -OCH3 is 1. The van der Waals surface area contributed by atoms with Gasteiger partial charge in [-0.25, -0.2) is 8.42 Å². The van der Waals surface area contributed by atoms with Gasteiger partial charge < -0.3 is 14.8 Å². The largest absolute Gasteiger partial charge is 0.497 e. The zero-order valence-corrected chi connectivity index (χ0v) is 15.6. The first-order valence-corrected chi connectivity index (χ1v) is 9.40. The summed E-state index contributed by atoms with van der Waals surface area (Å²) in [6, 6.07) is 7.10. The highest BCUT2D eigenvalue weighted by Crippen LogP contribution is 2.17. The number of ether oxygens (including phenoxy) is 2. The molecule has 0 spiro atoms. The van der Waals surface area contributed by atoms with Crippen molar-refractivity contribution in [1.82, 2.24) is 9.62 Å². The highest BCUT2D eigenvalue weighted by Gasteiger charge is 2.31. The van der Waals surface area contributed by atoms with Gasteiger partial charge >= 0.3 is 0 Å². The van der Waals surface area contributed by atoms with Crippen molar-refractivity contribution >= 4 is 15.9 Å². The van der Waals surface area contributed by atoms with E-state index in [9.17, 15) is 13.2 Å². The van der Waals surface area contributed by atoms with Gasteiger partial charge in [0.2, 0.25) is 15.9 Å². The van der Waals surface area contributed by atoms with Gasteiger partial charge in [-0.3, -0.25) is 4.79 Å². The molecule has 8 heteroatoms. The Labute approximate surface area is 144 Å². The fraction of sp³-hybridized carbons (Fsp3) is 0.562. The van der Waals surface area contributed by atoms with Gasteiger partial charge in [0.25, 0.3) is 0 Å². The average Bonchev–Trinajstić information content (AvgIpc) is 2.47. The molecule has 0 aliphatic heterocycles. The van der Waals surface area contributed by atoms with Crippen molar-refractivity contribution in [3.63, 3.8) is 0 Å². The number of hydrogen-bond acceptors (Lipinski definition) is 5. The van der Waals surface area contributed by atoms with Crippen molar-refractivity contribution in [3.8, 4) is 11.5 Å². The first-order chi connectivity index (χ1) is 11.0. The van der Waals surface area contributed by atoms with Gasteiger partial charge in [0, 0.05) is 5.54 Å². The number of nitrogens with one attached hydrogen (secondary N) is 1. The molecule has 0 bridgehead atoms. The molecule has 0 saturated heterocycles. The summed E-state index contributed by atoms with van der Waals surface area (Å²) in [6.07, 6.45) is 1.10. The lowest BCUT2D eigenvalue weighted by atomic mass is 10.1. The maximum atomic E-state index is 12.0. The summed E-state index contributed by atoms with van der Waals surface area (Å²) < 4.78 is 35.3. The Balaban J connectivity index is 2.42. The normalized spacial score (nSPS) is 12.1. The molecule has 1 rings (SSSR count). The molecule has 0 unspecified atom stereocenters. The number of rotatable bonds is 8. The Bertz CT molecular complexity index is 635. The van der Waals surface area contributed by atoms with E-state index in [1.165, 1.54) is 4.31 Å². The molecule has 0 heterocycles. The van der Waals surface area contributed by atoms with Crippen LogP contribution < -0.4 is 14.8 Å².